The van der Waals surface area contributed by atoms with Crippen molar-refractivity contribution in [2.45, 2.75) is 51.7 Å². The summed E-state index contributed by atoms with van der Waals surface area (Å²) < 4.78 is 59.8. The Morgan fingerprint density at radius 2 is 1.93 bits per heavy atom. The minimum absolute atomic E-state index is 0.0338. The van der Waals surface area contributed by atoms with Crippen LogP contribution in [0.5, 0.6) is 5.75 Å². The average molecular weight is 626 g/mol. The zero-order chi connectivity index (χ0) is 31.9. The van der Waals surface area contributed by atoms with Crippen LogP contribution in [0.3, 0.4) is 0 Å². The molecule has 2 aromatic carbocycles. The van der Waals surface area contributed by atoms with E-state index in [9.17, 15) is 23.1 Å². The number of hydrogen-bond acceptors (Lipinski definition) is 7. The first-order chi connectivity index (χ1) is 21.5. The second-order valence-corrected chi connectivity index (χ2v) is 12.3. The number of methoxy groups -OCH3 is 1. The number of aromatic nitrogens is 1. The molecule has 1 N–H and O–H groups in total. The summed E-state index contributed by atoms with van der Waals surface area (Å²) in [4.78, 5) is 21.1. The molecule has 2 fully saturated rings. The van der Waals surface area contributed by atoms with Crippen molar-refractivity contribution in [1.82, 2.24) is 9.88 Å². The average Bonchev–Trinajstić information content (AvgIpc) is 3.31. The highest BCUT2D eigenvalue weighted by molar-refractivity contribution is 5.74. The van der Waals surface area contributed by atoms with E-state index in [1.807, 2.05) is 24.8 Å². The molecule has 8 nitrogen and oxygen atoms in total. The first-order valence-corrected chi connectivity index (χ1v) is 15.3. The summed E-state index contributed by atoms with van der Waals surface area (Å²) in [5, 5.41) is 9.87. The van der Waals surface area contributed by atoms with Crippen molar-refractivity contribution in [2.24, 2.45) is 11.8 Å². The predicted molar refractivity (Wildman–Crippen MR) is 162 cm³/mol. The number of carboxylic acid groups (broad SMARTS) is 1. The van der Waals surface area contributed by atoms with Gasteiger partial charge in [0.1, 0.15) is 18.2 Å². The number of ether oxygens (including phenoxy) is 3. The number of aliphatic carboxylic acids is 1. The standard InChI is InChI=1S/C34H38F3N3O5/c1-20-12-22(13-23-10-11-39(15-26(20)23)24-17-44-18-24)16-45-32-25(6-4-7-27(32)34(35,36)37)28-8-5-9-30(38-28)40-14-21(2)31(33(41)42)29(40)19-43-3/h4-9,12-13,21,24,29,31H,10-11,14-19H2,1-3H3,(H,41,42)/t21-,29+,31+/m0/s1. The van der Waals surface area contributed by atoms with Crippen LogP contribution in [-0.2, 0) is 40.0 Å². The lowest BCUT2D eigenvalue weighted by atomic mass is 9.92. The van der Waals surface area contributed by atoms with E-state index >= 15 is 0 Å². The van der Waals surface area contributed by atoms with Crippen molar-refractivity contribution in [2.75, 3.05) is 44.9 Å². The predicted octanol–water partition coefficient (Wildman–Crippen LogP) is 5.58. The summed E-state index contributed by atoms with van der Waals surface area (Å²) in [5.41, 5.74) is 4.02. The van der Waals surface area contributed by atoms with E-state index < -0.39 is 29.7 Å². The van der Waals surface area contributed by atoms with Crippen LogP contribution in [0.25, 0.3) is 11.3 Å². The molecule has 2 saturated heterocycles. The number of alkyl halides is 3. The molecular formula is C34H38F3N3O5. The molecule has 0 radical (unpaired) electrons. The number of hydrogen-bond donors (Lipinski definition) is 1. The minimum atomic E-state index is -4.65. The normalized spacial score (nSPS) is 22.3. The van der Waals surface area contributed by atoms with E-state index in [2.05, 4.69) is 11.0 Å². The summed E-state index contributed by atoms with van der Waals surface area (Å²) in [6, 6.07) is 13.1. The largest absolute Gasteiger partial charge is 0.488 e. The van der Waals surface area contributed by atoms with Crippen molar-refractivity contribution in [3.8, 4) is 17.0 Å². The maximum atomic E-state index is 14.3. The minimum Gasteiger partial charge on any atom is -0.488 e. The Morgan fingerprint density at radius 1 is 1.16 bits per heavy atom. The van der Waals surface area contributed by atoms with E-state index in [1.54, 1.807) is 24.3 Å². The zero-order valence-electron chi connectivity index (χ0n) is 25.6. The third kappa shape index (κ3) is 6.25. The highest BCUT2D eigenvalue weighted by Gasteiger charge is 2.44. The molecule has 0 saturated carbocycles. The molecular weight excluding hydrogens is 587 g/mol. The van der Waals surface area contributed by atoms with Crippen molar-refractivity contribution in [3.05, 3.63) is 76.3 Å². The quantitative estimate of drug-likeness (QED) is 0.330. The van der Waals surface area contributed by atoms with E-state index in [1.165, 1.54) is 24.3 Å². The molecule has 240 valence electrons. The Kier molecular flexibility index (Phi) is 8.78. The van der Waals surface area contributed by atoms with Gasteiger partial charge in [0.15, 0.2) is 0 Å². The number of rotatable bonds is 9. The highest BCUT2D eigenvalue weighted by atomic mass is 19.4. The number of anilines is 1. The number of nitrogens with zero attached hydrogens (tertiary/aromatic N) is 3. The van der Waals surface area contributed by atoms with Gasteiger partial charge < -0.3 is 24.2 Å². The maximum Gasteiger partial charge on any atom is 0.419 e. The van der Waals surface area contributed by atoms with Gasteiger partial charge in [0.25, 0.3) is 0 Å². The number of para-hydroxylation sites is 1. The Labute approximate surface area is 260 Å². The number of fused-ring (bicyclic) bond motifs is 1. The number of carbonyl (C=O) groups is 1. The number of pyridine rings is 1. The summed E-state index contributed by atoms with van der Waals surface area (Å²) in [6.45, 7) is 7.75. The number of aryl methyl sites for hydroxylation is 1. The maximum absolute atomic E-state index is 14.3. The first kappa shape index (κ1) is 31.3. The second kappa shape index (κ2) is 12.6. The van der Waals surface area contributed by atoms with Gasteiger partial charge in [-0.15, -0.1) is 0 Å². The molecule has 3 aromatic rings. The Hall–Kier alpha value is -3.67. The number of benzene rings is 2. The van der Waals surface area contributed by atoms with Crippen LogP contribution in [0.2, 0.25) is 0 Å². The van der Waals surface area contributed by atoms with E-state index in [-0.39, 0.29) is 30.4 Å². The molecule has 3 atom stereocenters. The molecule has 3 aliphatic rings. The van der Waals surface area contributed by atoms with Crippen LogP contribution in [0.1, 0.15) is 34.7 Å². The molecule has 45 heavy (non-hydrogen) atoms. The second-order valence-electron chi connectivity index (χ2n) is 12.3. The third-order valence-corrected chi connectivity index (χ3v) is 9.33. The van der Waals surface area contributed by atoms with Gasteiger partial charge in [-0.3, -0.25) is 9.69 Å². The highest BCUT2D eigenvalue weighted by Crippen LogP contribution is 2.43. The summed E-state index contributed by atoms with van der Waals surface area (Å²) in [5.74, 6) is -1.57. The Balaban J connectivity index is 1.30. The van der Waals surface area contributed by atoms with Gasteiger partial charge in [0.05, 0.1) is 49.1 Å². The Morgan fingerprint density at radius 3 is 2.62 bits per heavy atom. The van der Waals surface area contributed by atoms with Crippen molar-refractivity contribution >= 4 is 11.8 Å². The van der Waals surface area contributed by atoms with Crippen LogP contribution in [-0.4, -0.2) is 73.1 Å². The molecule has 3 aliphatic heterocycles. The summed E-state index contributed by atoms with van der Waals surface area (Å²) in [7, 11) is 1.51. The van der Waals surface area contributed by atoms with Crippen molar-refractivity contribution in [3.63, 3.8) is 0 Å². The number of carboxylic acids is 1. The molecule has 0 bridgehead atoms. The monoisotopic (exact) mass is 625 g/mol. The third-order valence-electron chi connectivity index (χ3n) is 9.33. The Bertz CT molecular complexity index is 1560. The lowest BCUT2D eigenvalue weighted by molar-refractivity contribution is -0.143. The zero-order valence-corrected chi connectivity index (χ0v) is 25.6. The van der Waals surface area contributed by atoms with Crippen LogP contribution in [0, 0.1) is 18.8 Å². The van der Waals surface area contributed by atoms with Gasteiger partial charge in [-0.25, -0.2) is 4.98 Å². The van der Waals surface area contributed by atoms with Crippen LogP contribution in [0.15, 0.2) is 48.5 Å². The van der Waals surface area contributed by atoms with Crippen LogP contribution < -0.4 is 9.64 Å². The van der Waals surface area contributed by atoms with Gasteiger partial charge in [-0.1, -0.05) is 31.2 Å². The first-order valence-electron chi connectivity index (χ1n) is 15.3. The van der Waals surface area contributed by atoms with E-state index in [0.29, 0.717) is 24.1 Å². The fourth-order valence-corrected chi connectivity index (χ4v) is 6.97. The van der Waals surface area contributed by atoms with E-state index in [4.69, 9.17) is 19.2 Å². The van der Waals surface area contributed by atoms with Crippen LogP contribution in [0.4, 0.5) is 19.0 Å². The molecule has 0 spiro atoms. The molecule has 0 aliphatic carbocycles. The topological polar surface area (TPSA) is 84.4 Å². The van der Waals surface area contributed by atoms with Gasteiger partial charge >= 0.3 is 12.1 Å². The molecule has 0 amide bonds. The molecule has 4 heterocycles. The lowest BCUT2D eigenvalue weighted by Crippen LogP contribution is -2.50. The SMILES string of the molecule is COC[C@@H]1[C@H](C(=O)O)[C@@H](C)CN1c1cccc(-c2cccc(C(F)(F)F)c2OCc2cc(C)c3c(c2)CCN(C2COC2)C3)n1. The van der Waals surface area contributed by atoms with Crippen LogP contribution >= 0.6 is 0 Å². The van der Waals surface area contributed by atoms with Crippen molar-refractivity contribution in [1.29, 1.82) is 0 Å². The smallest absolute Gasteiger partial charge is 0.419 e. The lowest BCUT2D eigenvalue weighted by Gasteiger charge is -2.40. The van der Waals surface area contributed by atoms with E-state index in [0.717, 1.165) is 49.9 Å². The van der Waals surface area contributed by atoms with Gasteiger partial charge in [0, 0.05) is 32.3 Å². The molecule has 11 heteroatoms. The fourth-order valence-electron chi connectivity index (χ4n) is 6.97. The summed E-state index contributed by atoms with van der Waals surface area (Å²) >= 11 is 0. The molecule has 1 aromatic heterocycles. The molecule has 0 unspecified atom stereocenters. The number of halogens is 3. The van der Waals surface area contributed by atoms with Gasteiger partial charge in [-0.2, -0.15) is 13.2 Å². The summed E-state index contributed by atoms with van der Waals surface area (Å²) in [6.07, 6.45) is -3.78. The fraction of sp³-hybridized carbons (Fsp3) is 0.471. The van der Waals surface area contributed by atoms with Crippen molar-refractivity contribution < 1.29 is 37.3 Å². The molecule has 6 rings (SSSR count). The van der Waals surface area contributed by atoms with Gasteiger partial charge in [0.2, 0.25) is 0 Å². The van der Waals surface area contributed by atoms with Gasteiger partial charge in [-0.05, 0) is 65.8 Å².